The summed E-state index contributed by atoms with van der Waals surface area (Å²) in [4.78, 5) is 17.3. The topological polar surface area (TPSA) is 97.8 Å². The van der Waals surface area contributed by atoms with Crippen LogP contribution in [0.3, 0.4) is 0 Å². The van der Waals surface area contributed by atoms with E-state index in [1.165, 1.54) is 35.9 Å². The number of hydrogen-bond acceptors (Lipinski definition) is 7. The van der Waals surface area contributed by atoms with E-state index >= 15 is 0 Å². The van der Waals surface area contributed by atoms with E-state index in [4.69, 9.17) is 9.47 Å². The van der Waals surface area contributed by atoms with Gasteiger partial charge in [-0.15, -0.1) is 0 Å². The summed E-state index contributed by atoms with van der Waals surface area (Å²) in [5, 5.41) is 3.12. The summed E-state index contributed by atoms with van der Waals surface area (Å²) in [6.45, 7) is 4.39. The molecular weight excluding hydrogens is 426 g/mol. The van der Waals surface area contributed by atoms with Crippen molar-refractivity contribution in [3.63, 3.8) is 0 Å². The van der Waals surface area contributed by atoms with Gasteiger partial charge in [0.25, 0.3) is 5.91 Å². The number of benzene rings is 2. The zero-order chi connectivity index (χ0) is 21.9. The Bertz CT molecular complexity index is 1150. The number of nitrogens with zero attached hydrogens (tertiary/aromatic N) is 2. The van der Waals surface area contributed by atoms with Crippen molar-refractivity contribution in [2.75, 3.05) is 32.6 Å². The summed E-state index contributed by atoms with van der Waals surface area (Å²) in [6, 6.07) is 9.64. The molecule has 3 aromatic rings. The number of methoxy groups -OCH3 is 2. The maximum Gasteiger partial charge on any atom is 0.257 e. The number of hydrogen-bond donors (Lipinski definition) is 1. The second-order valence-electron chi connectivity index (χ2n) is 6.29. The van der Waals surface area contributed by atoms with Gasteiger partial charge >= 0.3 is 0 Å². The lowest BCUT2D eigenvalue weighted by molar-refractivity contribution is 0.102. The molecule has 0 bridgehead atoms. The Morgan fingerprint density at radius 3 is 2.27 bits per heavy atom. The minimum atomic E-state index is -3.57. The van der Waals surface area contributed by atoms with Crippen LogP contribution in [0.1, 0.15) is 24.2 Å². The fourth-order valence-electron chi connectivity index (χ4n) is 2.94. The number of carbonyl (C=O) groups is 1. The third kappa shape index (κ3) is 4.40. The molecule has 0 saturated heterocycles. The second-order valence-corrected chi connectivity index (χ2v) is 9.26. The molecular formula is C20H23N3O5S2. The van der Waals surface area contributed by atoms with Crippen LogP contribution in [-0.2, 0) is 10.0 Å². The molecule has 0 unspecified atom stereocenters. The number of sulfonamides is 1. The van der Waals surface area contributed by atoms with Crippen molar-refractivity contribution in [3.8, 4) is 11.5 Å². The van der Waals surface area contributed by atoms with Crippen LogP contribution in [0.25, 0.3) is 10.2 Å². The van der Waals surface area contributed by atoms with Gasteiger partial charge in [-0.1, -0.05) is 25.2 Å². The maximum absolute atomic E-state index is 12.7. The lowest BCUT2D eigenvalue weighted by Gasteiger charge is -2.18. The monoisotopic (exact) mass is 449 g/mol. The zero-order valence-electron chi connectivity index (χ0n) is 17.1. The van der Waals surface area contributed by atoms with Crippen LogP contribution >= 0.6 is 11.3 Å². The lowest BCUT2D eigenvalue weighted by atomic mass is 10.2. The lowest BCUT2D eigenvalue weighted by Crippen LogP contribution is -2.30. The number of aromatic nitrogens is 1. The standard InChI is InChI=1S/C20H23N3O5S2/c1-5-23(6-2)30(25,26)16-7-8-17-18(12-16)29-20(21-17)22-19(24)13-9-14(27-3)11-15(10-13)28-4/h7-12H,5-6H2,1-4H3,(H,21,22,24). The zero-order valence-corrected chi connectivity index (χ0v) is 18.8. The fourth-order valence-corrected chi connectivity index (χ4v) is 5.40. The molecule has 0 fully saturated rings. The Kier molecular flexibility index (Phi) is 6.59. The number of thiazole rings is 1. The predicted octanol–water partition coefficient (Wildman–Crippen LogP) is 3.60. The quantitative estimate of drug-likeness (QED) is 0.564. The average Bonchev–Trinajstić information content (AvgIpc) is 3.15. The van der Waals surface area contributed by atoms with Gasteiger partial charge in [-0.25, -0.2) is 13.4 Å². The van der Waals surface area contributed by atoms with Crippen LogP contribution < -0.4 is 14.8 Å². The first-order valence-electron chi connectivity index (χ1n) is 9.27. The van der Waals surface area contributed by atoms with E-state index < -0.39 is 10.0 Å². The molecule has 10 heteroatoms. The summed E-state index contributed by atoms with van der Waals surface area (Å²) in [5.41, 5.74) is 0.965. The number of nitrogens with one attached hydrogen (secondary N) is 1. The van der Waals surface area contributed by atoms with Crippen LogP contribution in [0.2, 0.25) is 0 Å². The first-order chi connectivity index (χ1) is 14.3. The highest BCUT2D eigenvalue weighted by Crippen LogP contribution is 2.30. The summed E-state index contributed by atoms with van der Waals surface area (Å²) in [6.07, 6.45) is 0. The summed E-state index contributed by atoms with van der Waals surface area (Å²) < 4.78 is 37.9. The Labute approximate surface area is 179 Å². The van der Waals surface area contributed by atoms with Gasteiger partial charge in [0, 0.05) is 24.7 Å². The van der Waals surface area contributed by atoms with E-state index in [1.807, 2.05) is 0 Å². The maximum atomic E-state index is 12.7. The Balaban J connectivity index is 1.89. The van der Waals surface area contributed by atoms with Crippen molar-refractivity contribution in [2.24, 2.45) is 0 Å². The number of carbonyl (C=O) groups excluding carboxylic acids is 1. The molecule has 0 radical (unpaired) electrons. The van der Waals surface area contributed by atoms with Gasteiger partial charge in [-0.2, -0.15) is 4.31 Å². The van der Waals surface area contributed by atoms with Crippen molar-refractivity contribution in [1.82, 2.24) is 9.29 Å². The molecule has 1 aromatic heterocycles. The van der Waals surface area contributed by atoms with E-state index in [-0.39, 0.29) is 10.8 Å². The van der Waals surface area contributed by atoms with Crippen LogP contribution in [0.15, 0.2) is 41.3 Å². The van der Waals surface area contributed by atoms with Crippen molar-refractivity contribution in [2.45, 2.75) is 18.7 Å². The molecule has 0 saturated carbocycles. The van der Waals surface area contributed by atoms with Crippen molar-refractivity contribution in [3.05, 3.63) is 42.0 Å². The Hall–Kier alpha value is -2.69. The summed E-state index contributed by atoms with van der Waals surface area (Å²) in [5.74, 6) is 0.618. The molecule has 160 valence electrons. The number of rotatable bonds is 8. The highest BCUT2D eigenvalue weighted by molar-refractivity contribution is 7.89. The third-order valence-electron chi connectivity index (χ3n) is 4.54. The molecule has 0 aliphatic heterocycles. The second kappa shape index (κ2) is 8.99. The van der Waals surface area contributed by atoms with Gasteiger partial charge < -0.3 is 9.47 Å². The van der Waals surface area contributed by atoms with Crippen LogP contribution in [-0.4, -0.2) is 50.9 Å². The van der Waals surface area contributed by atoms with Gasteiger partial charge in [0.05, 0.1) is 29.3 Å². The van der Waals surface area contributed by atoms with Gasteiger partial charge in [-0.3, -0.25) is 10.1 Å². The first-order valence-corrected chi connectivity index (χ1v) is 11.5. The van der Waals surface area contributed by atoms with Gasteiger partial charge in [0.15, 0.2) is 5.13 Å². The predicted molar refractivity (Wildman–Crippen MR) is 117 cm³/mol. The number of amides is 1. The average molecular weight is 450 g/mol. The van der Waals surface area contributed by atoms with Crippen LogP contribution in [0.4, 0.5) is 5.13 Å². The molecule has 2 aromatic carbocycles. The van der Waals surface area contributed by atoms with E-state index in [0.29, 0.717) is 45.5 Å². The molecule has 8 nitrogen and oxygen atoms in total. The minimum absolute atomic E-state index is 0.206. The summed E-state index contributed by atoms with van der Waals surface area (Å²) >= 11 is 1.21. The first kappa shape index (κ1) is 22.0. The Morgan fingerprint density at radius 2 is 1.70 bits per heavy atom. The van der Waals surface area contributed by atoms with E-state index in [9.17, 15) is 13.2 Å². The highest BCUT2D eigenvalue weighted by atomic mass is 32.2. The number of anilines is 1. The molecule has 0 spiro atoms. The third-order valence-corrected chi connectivity index (χ3v) is 7.52. The number of fused-ring (bicyclic) bond motifs is 1. The van der Waals surface area contributed by atoms with Crippen molar-refractivity contribution in [1.29, 1.82) is 0 Å². The van der Waals surface area contributed by atoms with E-state index in [2.05, 4.69) is 10.3 Å². The molecule has 0 aliphatic rings. The molecule has 0 aliphatic carbocycles. The van der Waals surface area contributed by atoms with E-state index in [1.54, 1.807) is 44.2 Å². The number of ether oxygens (including phenoxy) is 2. The molecule has 1 amide bonds. The summed E-state index contributed by atoms with van der Waals surface area (Å²) in [7, 11) is -0.552. The SMILES string of the molecule is CCN(CC)S(=O)(=O)c1ccc2nc(NC(=O)c3cc(OC)cc(OC)c3)sc2c1. The van der Waals surface area contributed by atoms with Gasteiger partial charge in [-0.05, 0) is 30.3 Å². The molecule has 1 heterocycles. The Morgan fingerprint density at radius 1 is 1.07 bits per heavy atom. The largest absolute Gasteiger partial charge is 0.497 e. The molecule has 3 rings (SSSR count). The molecule has 1 N–H and O–H groups in total. The van der Waals surface area contributed by atoms with Crippen molar-refractivity contribution < 1.29 is 22.7 Å². The molecule has 30 heavy (non-hydrogen) atoms. The molecule has 0 atom stereocenters. The van der Waals surface area contributed by atoms with Crippen molar-refractivity contribution >= 4 is 42.6 Å². The van der Waals surface area contributed by atoms with E-state index in [0.717, 1.165) is 0 Å². The van der Waals surface area contributed by atoms with Gasteiger partial charge in [0.2, 0.25) is 10.0 Å². The fraction of sp³-hybridized carbons (Fsp3) is 0.300. The van der Waals surface area contributed by atoms with Crippen LogP contribution in [0.5, 0.6) is 11.5 Å². The smallest absolute Gasteiger partial charge is 0.257 e. The normalized spacial score (nSPS) is 11.6. The van der Waals surface area contributed by atoms with Gasteiger partial charge in [0.1, 0.15) is 11.5 Å². The van der Waals surface area contributed by atoms with Crippen LogP contribution in [0, 0.1) is 0 Å². The highest BCUT2D eigenvalue weighted by Gasteiger charge is 2.22. The minimum Gasteiger partial charge on any atom is -0.497 e.